The minimum atomic E-state index is -0.498. The Morgan fingerprint density at radius 2 is 2.46 bits per heavy atom. The van der Waals surface area contributed by atoms with Crippen molar-refractivity contribution in [2.45, 2.75) is 13.3 Å². The molecule has 13 heavy (non-hydrogen) atoms. The van der Waals surface area contributed by atoms with Crippen molar-refractivity contribution >= 4 is 5.82 Å². The Bertz CT molecular complexity index is 354. The lowest BCUT2D eigenvalue weighted by molar-refractivity contribution is -0.389. The topological polar surface area (TPSA) is 61.0 Å². The summed E-state index contributed by atoms with van der Waals surface area (Å²) in [5.41, 5.74) is 0.934. The van der Waals surface area contributed by atoms with Crippen LogP contribution in [0.5, 0.6) is 0 Å². The number of aromatic nitrogens is 2. The van der Waals surface area contributed by atoms with Gasteiger partial charge in [-0.15, -0.1) is 0 Å². The Morgan fingerprint density at radius 1 is 1.85 bits per heavy atom. The zero-order valence-electron chi connectivity index (χ0n) is 7.65. The molecule has 5 nitrogen and oxygen atoms in total. The van der Waals surface area contributed by atoms with Gasteiger partial charge in [-0.3, -0.25) is 0 Å². The maximum absolute atomic E-state index is 10.4. The molecule has 0 aromatic carbocycles. The molecule has 1 aromatic heterocycles. The molecule has 0 aliphatic heterocycles. The second kappa shape index (κ2) is 3.38. The lowest BCUT2D eigenvalue weighted by Crippen LogP contribution is -1.97. The van der Waals surface area contributed by atoms with Crippen LogP contribution >= 0.6 is 0 Å². The number of imidazole rings is 1. The molecule has 1 aromatic rings. The van der Waals surface area contributed by atoms with Crippen LogP contribution in [0.2, 0.25) is 0 Å². The van der Waals surface area contributed by atoms with Crippen molar-refractivity contribution in [2.24, 2.45) is 7.05 Å². The van der Waals surface area contributed by atoms with Crippen molar-refractivity contribution in [1.29, 1.82) is 0 Å². The summed E-state index contributed by atoms with van der Waals surface area (Å²) in [4.78, 5) is 13.7. The minimum absolute atomic E-state index is 0.112. The Balaban J connectivity index is 2.96. The van der Waals surface area contributed by atoms with Gasteiger partial charge in [0.2, 0.25) is 5.82 Å². The number of nitro groups is 1. The molecular weight excluding hydrogens is 170 g/mol. The number of rotatable bonds is 3. The van der Waals surface area contributed by atoms with Gasteiger partial charge in [-0.2, -0.15) is 0 Å². The Morgan fingerprint density at radius 3 is 2.85 bits per heavy atom. The standard InChI is InChI=1S/C8H11N3O2/c1-6(2)4-7-9-8(11(12)13)5-10(7)3/h5H,1,4H2,2-3H3. The Kier molecular flexibility index (Phi) is 2.46. The SMILES string of the molecule is C=C(C)Cc1nc([N+](=O)[O-])cn1C. The van der Waals surface area contributed by atoms with E-state index in [2.05, 4.69) is 11.6 Å². The van der Waals surface area contributed by atoms with Crippen LogP contribution in [-0.2, 0) is 13.5 Å². The Hall–Kier alpha value is -1.65. The lowest BCUT2D eigenvalue weighted by atomic mass is 10.2. The molecule has 0 unspecified atom stereocenters. The Labute approximate surface area is 75.9 Å². The number of aryl methyl sites for hydroxylation is 1. The smallest absolute Gasteiger partial charge is 0.358 e. The second-order valence-electron chi connectivity index (χ2n) is 3.02. The van der Waals surface area contributed by atoms with E-state index < -0.39 is 4.92 Å². The molecule has 5 heteroatoms. The highest BCUT2D eigenvalue weighted by molar-refractivity contribution is 5.19. The van der Waals surface area contributed by atoms with E-state index in [9.17, 15) is 10.1 Å². The van der Waals surface area contributed by atoms with Gasteiger partial charge in [0.25, 0.3) is 0 Å². The molecule has 0 aliphatic carbocycles. The fraction of sp³-hybridized carbons (Fsp3) is 0.375. The highest BCUT2D eigenvalue weighted by Crippen LogP contribution is 2.11. The van der Waals surface area contributed by atoms with Crippen molar-refractivity contribution in [3.63, 3.8) is 0 Å². The van der Waals surface area contributed by atoms with Gasteiger partial charge in [0, 0.05) is 7.05 Å². The fourth-order valence-corrected chi connectivity index (χ4v) is 1.01. The summed E-state index contributed by atoms with van der Waals surface area (Å²) < 4.78 is 1.65. The van der Waals surface area contributed by atoms with Crippen molar-refractivity contribution in [2.75, 3.05) is 0 Å². The van der Waals surface area contributed by atoms with Crippen LogP contribution in [0.15, 0.2) is 18.3 Å². The van der Waals surface area contributed by atoms with Crippen LogP contribution in [-0.4, -0.2) is 14.5 Å². The molecule has 0 N–H and O–H groups in total. The van der Waals surface area contributed by atoms with Gasteiger partial charge in [-0.1, -0.05) is 12.2 Å². The van der Waals surface area contributed by atoms with Gasteiger partial charge in [-0.05, 0) is 16.8 Å². The summed E-state index contributed by atoms with van der Waals surface area (Å²) in [5.74, 6) is 0.554. The highest BCUT2D eigenvalue weighted by atomic mass is 16.6. The molecule has 0 aliphatic rings. The molecule has 1 heterocycles. The van der Waals surface area contributed by atoms with E-state index >= 15 is 0 Å². The van der Waals surface area contributed by atoms with Gasteiger partial charge in [-0.25, -0.2) is 0 Å². The molecule has 0 bridgehead atoms. The van der Waals surface area contributed by atoms with Crippen LogP contribution in [0.1, 0.15) is 12.7 Å². The van der Waals surface area contributed by atoms with Gasteiger partial charge < -0.3 is 14.7 Å². The van der Waals surface area contributed by atoms with E-state index in [1.165, 1.54) is 6.20 Å². The van der Waals surface area contributed by atoms with E-state index in [4.69, 9.17) is 0 Å². The van der Waals surface area contributed by atoms with Crippen LogP contribution < -0.4 is 0 Å². The van der Waals surface area contributed by atoms with Crippen LogP contribution in [0.4, 0.5) is 5.82 Å². The maximum atomic E-state index is 10.4. The normalized spacial score (nSPS) is 10.0. The van der Waals surface area contributed by atoms with E-state index in [-0.39, 0.29) is 5.82 Å². The zero-order chi connectivity index (χ0) is 10.0. The molecule has 0 amide bonds. The van der Waals surface area contributed by atoms with E-state index in [0.29, 0.717) is 12.2 Å². The molecule has 0 spiro atoms. The van der Waals surface area contributed by atoms with E-state index in [1.54, 1.807) is 11.6 Å². The first-order chi connectivity index (χ1) is 6.00. The van der Waals surface area contributed by atoms with E-state index in [0.717, 1.165) is 5.57 Å². The van der Waals surface area contributed by atoms with Crippen LogP contribution in [0.3, 0.4) is 0 Å². The van der Waals surface area contributed by atoms with Gasteiger partial charge >= 0.3 is 5.82 Å². The lowest BCUT2D eigenvalue weighted by Gasteiger charge is -1.93. The van der Waals surface area contributed by atoms with E-state index in [1.807, 2.05) is 6.92 Å². The van der Waals surface area contributed by atoms with Crippen molar-refractivity contribution in [3.8, 4) is 0 Å². The third kappa shape index (κ3) is 2.14. The summed E-state index contributed by atoms with van der Waals surface area (Å²) in [6, 6.07) is 0. The average Bonchev–Trinajstić information content (AvgIpc) is 2.31. The molecule has 0 radical (unpaired) electrons. The highest BCUT2D eigenvalue weighted by Gasteiger charge is 2.15. The molecule has 1 rings (SSSR count). The summed E-state index contributed by atoms with van der Waals surface area (Å²) in [7, 11) is 1.73. The molecule has 0 saturated carbocycles. The minimum Gasteiger partial charge on any atom is -0.358 e. The number of hydrogen-bond donors (Lipinski definition) is 0. The summed E-state index contributed by atoms with van der Waals surface area (Å²) in [6.07, 6.45) is 1.97. The quantitative estimate of drug-likeness (QED) is 0.402. The number of nitrogens with zero attached hydrogens (tertiary/aromatic N) is 3. The van der Waals surface area contributed by atoms with Crippen LogP contribution in [0, 0.1) is 10.1 Å². The van der Waals surface area contributed by atoms with Crippen molar-refractivity contribution in [1.82, 2.24) is 9.55 Å². The fourth-order valence-electron chi connectivity index (χ4n) is 1.01. The molecule has 70 valence electrons. The predicted molar refractivity (Wildman–Crippen MR) is 48.4 cm³/mol. The first-order valence-electron chi connectivity index (χ1n) is 3.81. The molecular formula is C8H11N3O2. The molecule has 0 saturated heterocycles. The van der Waals surface area contributed by atoms with Gasteiger partial charge in [0.05, 0.1) is 6.42 Å². The summed E-state index contributed by atoms with van der Waals surface area (Å²) in [5, 5.41) is 10.4. The summed E-state index contributed by atoms with van der Waals surface area (Å²) in [6.45, 7) is 5.58. The average molecular weight is 181 g/mol. The van der Waals surface area contributed by atoms with Crippen molar-refractivity contribution < 1.29 is 4.92 Å². The van der Waals surface area contributed by atoms with Crippen molar-refractivity contribution in [3.05, 3.63) is 34.3 Å². The van der Waals surface area contributed by atoms with Gasteiger partial charge in [0.15, 0.2) is 0 Å². The summed E-state index contributed by atoms with van der Waals surface area (Å²) >= 11 is 0. The zero-order valence-corrected chi connectivity index (χ0v) is 7.65. The predicted octanol–water partition coefficient (Wildman–Crippen LogP) is 1.45. The third-order valence-electron chi connectivity index (χ3n) is 1.61. The second-order valence-corrected chi connectivity index (χ2v) is 3.02. The largest absolute Gasteiger partial charge is 0.381 e. The number of hydrogen-bond acceptors (Lipinski definition) is 3. The molecule has 0 atom stereocenters. The monoisotopic (exact) mass is 181 g/mol. The maximum Gasteiger partial charge on any atom is 0.381 e. The third-order valence-corrected chi connectivity index (χ3v) is 1.61. The molecule has 0 fully saturated rings. The van der Waals surface area contributed by atoms with Crippen LogP contribution in [0.25, 0.3) is 0 Å². The first-order valence-corrected chi connectivity index (χ1v) is 3.81. The first kappa shape index (κ1) is 9.44. The number of allylic oxidation sites excluding steroid dienone is 1. The van der Waals surface area contributed by atoms with Gasteiger partial charge in [0.1, 0.15) is 6.20 Å².